The zero-order valence-electron chi connectivity index (χ0n) is 13.2. The molecular weight excluding hydrogens is 292 g/mol. The van der Waals surface area contributed by atoms with Gasteiger partial charge in [0.2, 0.25) is 0 Å². The first-order chi connectivity index (χ1) is 11.1. The number of hydrogen-bond acceptors (Lipinski definition) is 2. The monoisotopic (exact) mass is 312 g/mol. The average Bonchev–Trinajstić information content (AvgIpc) is 2.85. The van der Waals surface area contributed by atoms with E-state index in [4.69, 9.17) is 0 Å². The van der Waals surface area contributed by atoms with Gasteiger partial charge in [-0.1, -0.05) is 24.3 Å². The van der Waals surface area contributed by atoms with E-state index in [-0.39, 0.29) is 23.8 Å². The minimum Gasteiger partial charge on any atom is -0.329 e. The minimum absolute atomic E-state index is 0.0593. The molecule has 6 nitrogen and oxygen atoms in total. The van der Waals surface area contributed by atoms with Crippen LogP contribution in [0.1, 0.15) is 43.7 Å². The normalized spacial score (nSPS) is 16.2. The summed E-state index contributed by atoms with van der Waals surface area (Å²) in [7, 11) is 0. The van der Waals surface area contributed by atoms with Crippen molar-refractivity contribution in [2.24, 2.45) is 0 Å². The van der Waals surface area contributed by atoms with Crippen molar-refractivity contribution in [3.63, 3.8) is 0 Å². The molecule has 1 aliphatic rings. The zero-order valence-corrected chi connectivity index (χ0v) is 13.2. The molecule has 0 fully saturated rings. The van der Waals surface area contributed by atoms with Gasteiger partial charge < -0.3 is 15.6 Å². The van der Waals surface area contributed by atoms with E-state index in [1.165, 1.54) is 0 Å². The predicted octanol–water partition coefficient (Wildman–Crippen LogP) is 3.04. The van der Waals surface area contributed by atoms with Gasteiger partial charge in [-0.25, -0.2) is 9.59 Å². The number of anilines is 1. The molecule has 0 aliphatic heterocycles. The van der Waals surface area contributed by atoms with Crippen LogP contribution in [0.5, 0.6) is 0 Å². The van der Waals surface area contributed by atoms with Gasteiger partial charge in [0.25, 0.3) is 0 Å². The highest BCUT2D eigenvalue weighted by molar-refractivity contribution is 5.89. The lowest BCUT2D eigenvalue weighted by molar-refractivity contribution is 0.248. The number of benzene rings is 1. The molecule has 2 amide bonds. The van der Waals surface area contributed by atoms with Gasteiger partial charge in [-0.2, -0.15) is 0 Å². The fourth-order valence-electron chi connectivity index (χ4n) is 2.84. The Kier molecular flexibility index (Phi) is 4.06. The van der Waals surface area contributed by atoms with Crippen LogP contribution in [0.4, 0.5) is 10.5 Å². The first kappa shape index (κ1) is 15.1. The number of aromatic nitrogens is 2. The number of carbonyl (C=O) groups excluding carboxylic acids is 1. The fourth-order valence-corrected chi connectivity index (χ4v) is 2.84. The van der Waals surface area contributed by atoms with Crippen molar-refractivity contribution in [1.29, 1.82) is 0 Å². The lowest BCUT2D eigenvalue weighted by atomic mass is 10.0. The largest absolute Gasteiger partial charge is 0.329 e. The van der Waals surface area contributed by atoms with Gasteiger partial charge in [-0.3, -0.25) is 4.57 Å². The number of para-hydroxylation sites is 1. The molecule has 0 saturated carbocycles. The zero-order chi connectivity index (χ0) is 16.4. The van der Waals surface area contributed by atoms with Gasteiger partial charge in [0.05, 0.1) is 17.4 Å². The third-order valence-corrected chi connectivity index (χ3v) is 3.85. The minimum atomic E-state index is -0.291. The summed E-state index contributed by atoms with van der Waals surface area (Å²) >= 11 is 0. The van der Waals surface area contributed by atoms with Crippen LogP contribution in [-0.4, -0.2) is 15.6 Å². The van der Waals surface area contributed by atoms with Crippen molar-refractivity contribution < 1.29 is 4.79 Å². The summed E-state index contributed by atoms with van der Waals surface area (Å²) in [6, 6.07) is 8.78. The smallest absolute Gasteiger partial charge is 0.326 e. The Labute approximate surface area is 134 Å². The van der Waals surface area contributed by atoms with Crippen LogP contribution >= 0.6 is 0 Å². The molecule has 23 heavy (non-hydrogen) atoms. The van der Waals surface area contributed by atoms with Gasteiger partial charge in [0, 0.05) is 11.7 Å². The number of fused-ring (bicyclic) bond motifs is 1. The molecule has 0 bridgehead atoms. The highest BCUT2D eigenvalue weighted by Gasteiger charge is 2.25. The highest BCUT2D eigenvalue weighted by atomic mass is 16.2. The standard InChI is InChI=1S/C17H20N4O2/c1-11(2)21-14-10-6-9-13(15(14)20-17(21)23)19-16(22)18-12-7-4-3-5-8-12/h3-8,10-11,13H,9H2,1-2H3,(H,20,23)(H2,18,19,22). The summed E-state index contributed by atoms with van der Waals surface area (Å²) < 4.78 is 1.70. The molecule has 1 aromatic heterocycles. The fraction of sp³-hybridized carbons (Fsp3) is 0.294. The van der Waals surface area contributed by atoms with Crippen molar-refractivity contribution in [1.82, 2.24) is 14.9 Å². The number of urea groups is 1. The highest BCUT2D eigenvalue weighted by Crippen LogP contribution is 2.26. The molecule has 0 saturated heterocycles. The molecule has 1 atom stereocenters. The number of nitrogens with one attached hydrogen (secondary N) is 3. The van der Waals surface area contributed by atoms with E-state index in [2.05, 4.69) is 15.6 Å². The van der Waals surface area contributed by atoms with Crippen LogP contribution in [0.25, 0.3) is 6.08 Å². The molecule has 6 heteroatoms. The topological polar surface area (TPSA) is 78.9 Å². The molecule has 3 rings (SSSR count). The van der Waals surface area contributed by atoms with Crippen molar-refractivity contribution in [3.05, 3.63) is 58.3 Å². The molecule has 120 valence electrons. The molecule has 1 unspecified atom stereocenters. The van der Waals surface area contributed by atoms with Gasteiger partial charge in [0.1, 0.15) is 0 Å². The van der Waals surface area contributed by atoms with E-state index in [1.807, 2.05) is 56.3 Å². The van der Waals surface area contributed by atoms with E-state index >= 15 is 0 Å². The van der Waals surface area contributed by atoms with Crippen molar-refractivity contribution in [2.75, 3.05) is 5.32 Å². The molecular formula is C17H20N4O2. The molecule has 1 heterocycles. The number of amides is 2. The quantitative estimate of drug-likeness (QED) is 0.814. The van der Waals surface area contributed by atoms with Crippen molar-refractivity contribution in [2.45, 2.75) is 32.4 Å². The van der Waals surface area contributed by atoms with Gasteiger partial charge in [0.15, 0.2) is 0 Å². The van der Waals surface area contributed by atoms with Crippen LogP contribution in [0.3, 0.4) is 0 Å². The summed E-state index contributed by atoms with van der Waals surface area (Å²) in [5.74, 6) is 0. The van der Waals surface area contributed by atoms with Crippen LogP contribution in [0.15, 0.2) is 41.2 Å². The second-order valence-electron chi connectivity index (χ2n) is 5.85. The Bertz CT molecular complexity index is 787. The van der Waals surface area contributed by atoms with Gasteiger partial charge in [-0.05, 0) is 38.5 Å². The SMILES string of the molecule is CC(C)n1c2c([nH]c1=O)C(NC(=O)Nc1ccccc1)CC=C2. The second-order valence-corrected chi connectivity index (χ2v) is 5.85. The Hall–Kier alpha value is -2.76. The van der Waals surface area contributed by atoms with Crippen molar-refractivity contribution >= 4 is 17.8 Å². The summed E-state index contributed by atoms with van der Waals surface area (Å²) in [4.78, 5) is 27.2. The maximum Gasteiger partial charge on any atom is 0.326 e. The third kappa shape index (κ3) is 3.06. The summed E-state index contributed by atoms with van der Waals surface area (Å²) in [5.41, 5.74) is 2.17. The van der Waals surface area contributed by atoms with E-state index in [0.717, 1.165) is 17.1 Å². The molecule has 3 N–H and O–H groups in total. The van der Waals surface area contributed by atoms with Crippen molar-refractivity contribution in [3.8, 4) is 0 Å². The lowest BCUT2D eigenvalue weighted by Crippen LogP contribution is -2.33. The van der Waals surface area contributed by atoms with Crippen LogP contribution < -0.4 is 16.3 Å². The summed E-state index contributed by atoms with van der Waals surface area (Å²) in [6.45, 7) is 3.92. The summed E-state index contributed by atoms with van der Waals surface area (Å²) in [5, 5.41) is 5.71. The van der Waals surface area contributed by atoms with Crippen LogP contribution in [-0.2, 0) is 0 Å². The number of hydrogen-bond donors (Lipinski definition) is 3. The number of H-pyrrole nitrogens is 1. The molecule has 1 aliphatic carbocycles. The van der Waals surface area contributed by atoms with E-state index in [1.54, 1.807) is 4.57 Å². The Balaban J connectivity index is 1.79. The lowest BCUT2D eigenvalue weighted by Gasteiger charge is -2.21. The van der Waals surface area contributed by atoms with Crippen LogP contribution in [0.2, 0.25) is 0 Å². The van der Waals surface area contributed by atoms with E-state index < -0.39 is 0 Å². The second kappa shape index (κ2) is 6.16. The van der Waals surface area contributed by atoms with E-state index in [9.17, 15) is 9.59 Å². The average molecular weight is 312 g/mol. The van der Waals surface area contributed by atoms with Gasteiger partial charge >= 0.3 is 11.7 Å². The Morgan fingerprint density at radius 2 is 2.04 bits per heavy atom. The number of imidazole rings is 1. The Morgan fingerprint density at radius 1 is 1.30 bits per heavy atom. The van der Waals surface area contributed by atoms with Crippen LogP contribution in [0, 0.1) is 0 Å². The Morgan fingerprint density at radius 3 is 2.74 bits per heavy atom. The summed E-state index contributed by atoms with van der Waals surface area (Å²) in [6.07, 6.45) is 4.55. The number of rotatable bonds is 3. The predicted molar refractivity (Wildman–Crippen MR) is 90.4 cm³/mol. The van der Waals surface area contributed by atoms with E-state index in [0.29, 0.717) is 6.42 Å². The first-order valence-electron chi connectivity index (χ1n) is 7.69. The molecule has 0 radical (unpaired) electrons. The maximum absolute atomic E-state index is 12.2. The van der Waals surface area contributed by atoms with Gasteiger partial charge in [-0.15, -0.1) is 0 Å². The number of carbonyl (C=O) groups is 1. The molecule has 2 aromatic rings. The third-order valence-electron chi connectivity index (χ3n) is 3.85. The number of aromatic amines is 1. The first-order valence-corrected chi connectivity index (χ1v) is 7.69. The molecule has 1 aromatic carbocycles. The number of nitrogens with zero attached hydrogens (tertiary/aromatic N) is 1. The maximum atomic E-state index is 12.2. The molecule has 0 spiro atoms.